The van der Waals surface area contributed by atoms with E-state index in [4.69, 9.17) is 4.74 Å². The second-order valence-corrected chi connectivity index (χ2v) is 12.1. The molecule has 0 radical (unpaired) electrons. The van der Waals surface area contributed by atoms with Crippen LogP contribution in [-0.4, -0.2) is 53.8 Å². The van der Waals surface area contributed by atoms with Crippen molar-refractivity contribution in [3.05, 3.63) is 40.3 Å². The third-order valence-corrected chi connectivity index (χ3v) is 9.22. The Balaban J connectivity index is 1.18. The van der Waals surface area contributed by atoms with Gasteiger partial charge in [-0.2, -0.15) is 0 Å². The van der Waals surface area contributed by atoms with Crippen molar-refractivity contribution in [2.45, 2.75) is 59.8 Å². The number of thiazole rings is 1. The lowest BCUT2D eigenvalue weighted by atomic mass is 9.96. The number of likely N-dealkylation sites (tertiary alicyclic amines) is 1. The maximum absolute atomic E-state index is 13.0. The predicted octanol–water partition coefficient (Wildman–Crippen LogP) is 4.69. The van der Waals surface area contributed by atoms with Crippen molar-refractivity contribution in [2.75, 3.05) is 31.6 Å². The molecule has 2 aromatic rings. The number of rotatable bonds is 9. The summed E-state index contributed by atoms with van der Waals surface area (Å²) in [4.78, 5) is 43.4. The van der Waals surface area contributed by atoms with Crippen LogP contribution in [0.2, 0.25) is 0 Å². The van der Waals surface area contributed by atoms with E-state index in [2.05, 4.69) is 43.3 Å². The Kier molecular flexibility index (Phi) is 7.92. The minimum absolute atomic E-state index is 0.0590. The molecule has 2 aliphatic rings. The summed E-state index contributed by atoms with van der Waals surface area (Å²) in [6.07, 6.45) is 2.41. The second kappa shape index (κ2) is 10.8. The monoisotopic (exact) mass is 526 g/mol. The van der Waals surface area contributed by atoms with E-state index < -0.39 is 0 Å². The van der Waals surface area contributed by atoms with Crippen LogP contribution in [0.15, 0.2) is 29.6 Å². The van der Waals surface area contributed by atoms with E-state index in [0.717, 1.165) is 30.9 Å². The molecule has 2 N–H and O–H groups in total. The minimum Gasteiger partial charge on any atom is -0.493 e. The summed E-state index contributed by atoms with van der Waals surface area (Å²) < 4.78 is 5.72. The highest BCUT2D eigenvalue weighted by molar-refractivity contribution is 7.09. The highest BCUT2D eigenvalue weighted by Gasteiger charge is 2.68. The molecule has 37 heavy (non-hydrogen) atoms. The Morgan fingerprint density at radius 1 is 1.14 bits per heavy atom. The lowest BCUT2D eigenvalue weighted by Gasteiger charge is -2.31. The van der Waals surface area contributed by atoms with Gasteiger partial charge in [-0.15, -0.1) is 11.3 Å². The molecule has 8 nitrogen and oxygen atoms in total. The quantitative estimate of drug-likeness (QED) is 0.462. The predicted molar refractivity (Wildman–Crippen MR) is 145 cm³/mol. The molecule has 3 amide bonds. The molecular weight excluding hydrogens is 488 g/mol. The van der Waals surface area contributed by atoms with E-state index in [9.17, 15) is 14.4 Å². The lowest BCUT2D eigenvalue weighted by molar-refractivity contribution is -0.135. The molecule has 200 valence electrons. The minimum atomic E-state index is -0.180. The van der Waals surface area contributed by atoms with E-state index in [1.165, 1.54) is 18.3 Å². The molecule has 4 rings (SSSR count). The first-order valence-electron chi connectivity index (χ1n) is 13.0. The molecule has 1 saturated carbocycles. The topological polar surface area (TPSA) is 101 Å². The fourth-order valence-electron chi connectivity index (χ4n) is 5.34. The molecular formula is C28H38N4O4S. The fourth-order valence-corrected chi connectivity index (χ4v) is 6.32. The van der Waals surface area contributed by atoms with Crippen LogP contribution in [0.5, 0.6) is 5.75 Å². The highest BCUT2D eigenvalue weighted by atomic mass is 32.1. The van der Waals surface area contributed by atoms with Gasteiger partial charge in [0.1, 0.15) is 11.4 Å². The van der Waals surface area contributed by atoms with Crippen molar-refractivity contribution in [1.29, 1.82) is 0 Å². The number of anilines is 1. The average molecular weight is 527 g/mol. The van der Waals surface area contributed by atoms with Crippen LogP contribution in [0.3, 0.4) is 0 Å². The second-order valence-electron chi connectivity index (χ2n) is 11.2. The van der Waals surface area contributed by atoms with Gasteiger partial charge in [-0.05, 0) is 42.2 Å². The molecule has 1 aromatic carbocycles. The number of nitrogens with zero attached hydrogens (tertiary/aromatic N) is 2. The zero-order valence-electron chi connectivity index (χ0n) is 22.4. The summed E-state index contributed by atoms with van der Waals surface area (Å²) in [7, 11) is 0. The summed E-state index contributed by atoms with van der Waals surface area (Å²) in [6, 6.07) is 7.21. The van der Waals surface area contributed by atoms with Crippen LogP contribution < -0.4 is 15.4 Å². The van der Waals surface area contributed by atoms with Crippen LogP contribution in [0.4, 0.5) is 5.69 Å². The van der Waals surface area contributed by atoms with E-state index in [1.807, 2.05) is 22.4 Å². The number of hydrogen-bond donors (Lipinski definition) is 2. The average Bonchev–Trinajstić information content (AvgIpc) is 3.16. The van der Waals surface area contributed by atoms with Gasteiger partial charge in [0.25, 0.3) is 5.91 Å². The summed E-state index contributed by atoms with van der Waals surface area (Å²) >= 11 is 1.53. The van der Waals surface area contributed by atoms with Gasteiger partial charge in [0, 0.05) is 55.5 Å². The fraction of sp³-hybridized carbons (Fsp3) is 0.571. The van der Waals surface area contributed by atoms with E-state index in [0.29, 0.717) is 36.7 Å². The van der Waals surface area contributed by atoms with Crippen molar-refractivity contribution in [1.82, 2.24) is 15.2 Å². The molecule has 2 fully saturated rings. The third-order valence-electron chi connectivity index (χ3n) is 8.21. The van der Waals surface area contributed by atoms with Crippen molar-refractivity contribution >= 4 is 34.7 Å². The summed E-state index contributed by atoms with van der Waals surface area (Å²) in [6.45, 7) is 12.6. The molecule has 1 aromatic heterocycles. The number of aromatic nitrogens is 1. The standard InChI is InChI=1S/C28H38N4O4S/c1-18(33)30-20-8-6-9-21(16-20)36-15-7-12-29-24(34)22-17-37-25(31-22)19-10-13-32(14-11-19)26(35)23-27(2,3)28(23,4)5/h6,8-9,16-17,19,23H,7,10-15H2,1-5H3,(H,29,34)(H,30,33). The number of carbonyl (C=O) groups excluding carboxylic acids is 3. The Hall–Kier alpha value is -2.94. The normalized spacial score (nSPS) is 18.8. The Labute approximate surface area is 223 Å². The number of hydrogen-bond acceptors (Lipinski definition) is 6. The Morgan fingerprint density at radius 3 is 2.49 bits per heavy atom. The molecule has 1 saturated heterocycles. The summed E-state index contributed by atoms with van der Waals surface area (Å²) in [5.74, 6) is 1.04. The zero-order chi connectivity index (χ0) is 26.8. The van der Waals surface area contributed by atoms with Crippen LogP contribution >= 0.6 is 11.3 Å². The number of amides is 3. The van der Waals surface area contributed by atoms with Crippen LogP contribution in [0.25, 0.3) is 0 Å². The Bertz CT molecular complexity index is 1140. The lowest BCUT2D eigenvalue weighted by Crippen LogP contribution is -2.40. The van der Waals surface area contributed by atoms with Crippen LogP contribution in [0.1, 0.15) is 75.3 Å². The first-order valence-corrected chi connectivity index (χ1v) is 13.9. The molecule has 0 bridgehead atoms. The van der Waals surface area contributed by atoms with Gasteiger partial charge in [-0.1, -0.05) is 33.8 Å². The van der Waals surface area contributed by atoms with Gasteiger partial charge in [0.15, 0.2) is 0 Å². The van der Waals surface area contributed by atoms with E-state index in [-0.39, 0.29) is 40.4 Å². The molecule has 1 aliphatic heterocycles. The SMILES string of the molecule is CC(=O)Nc1cccc(OCCCNC(=O)c2csc(C3CCN(C(=O)C4C(C)(C)C4(C)C)CC3)n2)c1. The number of carbonyl (C=O) groups is 3. The maximum Gasteiger partial charge on any atom is 0.270 e. The number of piperidine rings is 1. The van der Waals surface area contributed by atoms with Gasteiger partial charge >= 0.3 is 0 Å². The van der Waals surface area contributed by atoms with Gasteiger partial charge in [-0.3, -0.25) is 14.4 Å². The number of nitrogens with one attached hydrogen (secondary N) is 2. The maximum atomic E-state index is 13.0. The van der Waals surface area contributed by atoms with Gasteiger partial charge < -0.3 is 20.3 Å². The van der Waals surface area contributed by atoms with Crippen LogP contribution in [-0.2, 0) is 9.59 Å². The zero-order valence-corrected chi connectivity index (χ0v) is 23.2. The summed E-state index contributed by atoms with van der Waals surface area (Å²) in [5, 5.41) is 8.44. The smallest absolute Gasteiger partial charge is 0.270 e. The third kappa shape index (κ3) is 5.98. The van der Waals surface area contributed by atoms with Crippen molar-refractivity contribution in [2.24, 2.45) is 16.7 Å². The van der Waals surface area contributed by atoms with E-state index in [1.54, 1.807) is 12.1 Å². The first-order chi connectivity index (χ1) is 17.5. The number of ether oxygens (including phenoxy) is 1. The molecule has 0 unspecified atom stereocenters. The Morgan fingerprint density at radius 2 is 1.84 bits per heavy atom. The molecule has 9 heteroatoms. The van der Waals surface area contributed by atoms with Gasteiger partial charge in [0.05, 0.1) is 11.6 Å². The van der Waals surface area contributed by atoms with Crippen LogP contribution in [0, 0.1) is 16.7 Å². The van der Waals surface area contributed by atoms with Crippen molar-refractivity contribution < 1.29 is 19.1 Å². The number of benzene rings is 1. The first kappa shape index (κ1) is 27.1. The summed E-state index contributed by atoms with van der Waals surface area (Å²) in [5.41, 5.74) is 1.25. The largest absolute Gasteiger partial charge is 0.493 e. The van der Waals surface area contributed by atoms with Crippen molar-refractivity contribution in [3.63, 3.8) is 0 Å². The molecule has 1 aliphatic carbocycles. The molecule has 2 heterocycles. The van der Waals surface area contributed by atoms with E-state index >= 15 is 0 Å². The van der Waals surface area contributed by atoms with Gasteiger partial charge in [0.2, 0.25) is 11.8 Å². The van der Waals surface area contributed by atoms with Crippen molar-refractivity contribution in [3.8, 4) is 5.75 Å². The van der Waals surface area contributed by atoms with Gasteiger partial charge in [-0.25, -0.2) is 4.98 Å². The highest BCUT2D eigenvalue weighted by Crippen LogP contribution is 2.68. The molecule has 0 spiro atoms. The molecule has 0 atom stereocenters.